The van der Waals surface area contributed by atoms with Crippen LogP contribution < -0.4 is 16.0 Å². The fourth-order valence-electron chi connectivity index (χ4n) is 5.71. The van der Waals surface area contributed by atoms with Crippen molar-refractivity contribution in [2.75, 3.05) is 45.8 Å². The van der Waals surface area contributed by atoms with Crippen molar-refractivity contribution >= 4 is 11.9 Å². The summed E-state index contributed by atoms with van der Waals surface area (Å²) in [6, 6.07) is -0.0964. The number of urea groups is 1. The number of hydrogen-bond acceptors (Lipinski definition) is 4. The van der Waals surface area contributed by atoms with Crippen LogP contribution in [-0.4, -0.2) is 73.7 Å². The number of piperidine rings is 1. The monoisotopic (exact) mass is 447 g/mol. The van der Waals surface area contributed by atoms with E-state index in [1.165, 1.54) is 24.8 Å². The summed E-state index contributed by atoms with van der Waals surface area (Å²) < 4.78 is 0. The molecule has 0 saturated carbocycles. The second-order valence-electron chi connectivity index (χ2n) is 10.2. The SMILES string of the molecule is CCNC(=O)NC[C@H]1C=C(C)[C@H](CC(=O)N2CCN(C3CCCCN3)CC2)C[C@H]1C(C)C. The van der Waals surface area contributed by atoms with Gasteiger partial charge in [0.2, 0.25) is 5.91 Å². The van der Waals surface area contributed by atoms with Crippen LogP contribution in [0.2, 0.25) is 0 Å². The highest BCUT2D eigenvalue weighted by atomic mass is 16.2. The van der Waals surface area contributed by atoms with E-state index in [0.29, 0.717) is 55.3 Å². The zero-order chi connectivity index (χ0) is 23.1. The number of carbonyl (C=O) groups excluding carboxylic acids is 2. The Bertz CT molecular complexity index is 651. The maximum absolute atomic E-state index is 13.1. The molecule has 0 spiro atoms. The number of allylic oxidation sites excluding steroid dienone is 1. The van der Waals surface area contributed by atoms with Crippen LogP contribution in [0.1, 0.15) is 59.8 Å². The molecule has 7 heteroatoms. The molecule has 0 bridgehead atoms. The topological polar surface area (TPSA) is 76.7 Å². The molecule has 182 valence electrons. The zero-order valence-corrected chi connectivity index (χ0v) is 20.7. The van der Waals surface area contributed by atoms with Gasteiger partial charge in [-0.3, -0.25) is 9.69 Å². The summed E-state index contributed by atoms with van der Waals surface area (Å²) in [4.78, 5) is 29.6. The van der Waals surface area contributed by atoms with Crippen LogP contribution in [0.5, 0.6) is 0 Å². The van der Waals surface area contributed by atoms with Crippen LogP contribution in [0, 0.1) is 23.7 Å². The number of hydrogen-bond donors (Lipinski definition) is 3. The first-order valence-electron chi connectivity index (χ1n) is 12.8. The number of nitrogens with one attached hydrogen (secondary N) is 3. The van der Waals surface area contributed by atoms with E-state index in [2.05, 4.69) is 52.6 Å². The molecular weight excluding hydrogens is 402 g/mol. The van der Waals surface area contributed by atoms with E-state index < -0.39 is 0 Å². The van der Waals surface area contributed by atoms with Gasteiger partial charge in [-0.25, -0.2) is 4.79 Å². The number of carbonyl (C=O) groups is 2. The molecule has 1 aliphatic carbocycles. The van der Waals surface area contributed by atoms with Crippen LogP contribution >= 0.6 is 0 Å². The van der Waals surface area contributed by atoms with Gasteiger partial charge in [-0.2, -0.15) is 0 Å². The Labute approximate surface area is 194 Å². The Balaban J connectivity index is 1.52. The van der Waals surface area contributed by atoms with Gasteiger partial charge in [0.25, 0.3) is 0 Å². The Morgan fingerprint density at radius 2 is 1.91 bits per heavy atom. The molecule has 3 aliphatic rings. The van der Waals surface area contributed by atoms with Crippen molar-refractivity contribution in [3.8, 4) is 0 Å². The lowest BCUT2D eigenvalue weighted by Crippen LogP contribution is -2.57. The highest BCUT2D eigenvalue weighted by molar-refractivity contribution is 5.77. The van der Waals surface area contributed by atoms with Crippen LogP contribution in [0.25, 0.3) is 0 Å². The quantitative estimate of drug-likeness (QED) is 0.525. The molecule has 0 radical (unpaired) electrons. The van der Waals surface area contributed by atoms with E-state index in [0.717, 1.165) is 39.1 Å². The van der Waals surface area contributed by atoms with Crippen LogP contribution in [0.3, 0.4) is 0 Å². The van der Waals surface area contributed by atoms with E-state index in [1.54, 1.807) is 0 Å². The molecule has 1 unspecified atom stereocenters. The third kappa shape index (κ3) is 6.70. The Hall–Kier alpha value is -1.60. The fraction of sp³-hybridized carbons (Fsp3) is 0.840. The third-order valence-electron chi connectivity index (χ3n) is 7.73. The van der Waals surface area contributed by atoms with Gasteiger partial charge in [-0.15, -0.1) is 0 Å². The van der Waals surface area contributed by atoms with Gasteiger partial charge in [0.05, 0.1) is 6.17 Å². The van der Waals surface area contributed by atoms with Crippen LogP contribution in [0.4, 0.5) is 4.79 Å². The Morgan fingerprint density at radius 1 is 1.16 bits per heavy atom. The zero-order valence-electron chi connectivity index (χ0n) is 20.7. The number of amides is 3. The minimum absolute atomic E-state index is 0.0964. The Kier molecular flexibility index (Phi) is 9.41. The highest BCUT2D eigenvalue weighted by Gasteiger charge is 2.34. The average Bonchev–Trinajstić information content (AvgIpc) is 2.79. The normalized spacial score (nSPS) is 29.5. The smallest absolute Gasteiger partial charge is 0.314 e. The molecule has 2 fully saturated rings. The minimum Gasteiger partial charge on any atom is -0.340 e. The highest BCUT2D eigenvalue weighted by Crippen LogP contribution is 2.39. The summed E-state index contributed by atoms with van der Waals surface area (Å²) in [5, 5.41) is 9.46. The lowest BCUT2D eigenvalue weighted by atomic mass is 9.69. The molecular formula is C25H45N5O2. The average molecular weight is 448 g/mol. The molecule has 0 aromatic rings. The van der Waals surface area contributed by atoms with Gasteiger partial charge in [0.15, 0.2) is 0 Å². The first-order chi connectivity index (χ1) is 15.4. The number of nitrogens with zero attached hydrogens (tertiary/aromatic N) is 2. The lowest BCUT2D eigenvalue weighted by Gasteiger charge is -2.42. The maximum Gasteiger partial charge on any atom is 0.314 e. The van der Waals surface area contributed by atoms with E-state index in [1.807, 2.05) is 6.92 Å². The number of rotatable bonds is 7. The molecule has 0 aromatic heterocycles. The lowest BCUT2D eigenvalue weighted by molar-refractivity contribution is -0.134. The van der Waals surface area contributed by atoms with Gasteiger partial charge in [0.1, 0.15) is 0 Å². The largest absolute Gasteiger partial charge is 0.340 e. The van der Waals surface area contributed by atoms with Crippen molar-refractivity contribution in [2.45, 2.75) is 66.0 Å². The predicted molar refractivity (Wildman–Crippen MR) is 129 cm³/mol. The van der Waals surface area contributed by atoms with Gasteiger partial charge < -0.3 is 20.9 Å². The summed E-state index contributed by atoms with van der Waals surface area (Å²) in [6.07, 6.45) is 8.28. The first kappa shape index (κ1) is 25.0. The van der Waals surface area contributed by atoms with Crippen LogP contribution in [0.15, 0.2) is 11.6 Å². The molecule has 4 atom stereocenters. The van der Waals surface area contributed by atoms with Gasteiger partial charge in [0, 0.05) is 45.7 Å². The van der Waals surface area contributed by atoms with Gasteiger partial charge in [-0.1, -0.05) is 25.5 Å². The summed E-state index contributed by atoms with van der Waals surface area (Å²) in [7, 11) is 0. The Morgan fingerprint density at radius 3 is 2.53 bits per heavy atom. The molecule has 2 saturated heterocycles. The fourth-order valence-corrected chi connectivity index (χ4v) is 5.71. The standard InChI is InChI=1S/C25H45N5O2/c1-5-26-25(32)28-17-21-14-19(4)20(15-22(21)18(2)3)16-24(31)30-12-10-29(11-13-30)23-8-6-7-9-27-23/h14,18,20-23,27H,5-13,15-17H2,1-4H3,(H2,26,28,32)/t20-,21+,22-,23?/m0/s1. The maximum atomic E-state index is 13.1. The summed E-state index contributed by atoms with van der Waals surface area (Å²) in [5.74, 6) is 1.95. The van der Waals surface area contributed by atoms with Crippen molar-refractivity contribution in [1.29, 1.82) is 0 Å². The summed E-state index contributed by atoms with van der Waals surface area (Å²) in [6.45, 7) is 14.7. The van der Waals surface area contributed by atoms with Crippen LogP contribution in [-0.2, 0) is 4.79 Å². The predicted octanol–water partition coefficient (Wildman–Crippen LogP) is 2.79. The van der Waals surface area contributed by atoms with Crippen molar-refractivity contribution in [2.24, 2.45) is 23.7 Å². The van der Waals surface area contributed by atoms with Crippen molar-refractivity contribution in [1.82, 2.24) is 25.8 Å². The third-order valence-corrected chi connectivity index (χ3v) is 7.73. The van der Waals surface area contributed by atoms with Crippen molar-refractivity contribution < 1.29 is 9.59 Å². The number of piperazine rings is 1. The molecule has 3 N–H and O–H groups in total. The summed E-state index contributed by atoms with van der Waals surface area (Å²) >= 11 is 0. The molecule has 2 aliphatic heterocycles. The molecule has 7 nitrogen and oxygen atoms in total. The molecule has 0 aromatic carbocycles. The van der Waals surface area contributed by atoms with E-state index in [9.17, 15) is 9.59 Å². The van der Waals surface area contributed by atoms with Gasteiger partial charge >= 0.3 is 6.03 Å². The van der Waals surface area contributed by atoms with Gasteiger partial charge in [-0.05, 0) is 69.7 Å². The molecule has 3 rings (SSSR count). The molecule has 2 heterocycles. The summed E-state index contributed by atoms with van der Waals surface area (Å²) in [5.41, 5.74) is 1.31. The molecule has 3 amide bonds. The minimum atomic E-state index is -0.0964. The second-order valence-corrected chi connectivity index (χ2v) is 10.2. The van der Waals surface area contributed by atoms with E-state index >= 15 is 0 Å². The van der Waals surface area contributed by atoms with Crippen molar-refractivity contribution in [3.05, 3.63) is 11.6 Å². The second kappa shape index (κ2) is 12.0. The first-order valence-corrected chi connectivity index (χ1v) is 12.8. The van der Waals surface area contributed by atoms with E-state index in [-0.39, 0.29) is 6.03 Å². The molecule has 32 heavy (non-hydrogen) atoms. The van der Waals surface area contributed by atoms with Crippen molar-refractivity contribution in [3.63, 3.8) is 0 Å². The van der Waals surface area contributed by atoms with E-state index in [4.69, 9.17) is 0 Å².